The molecule has 1 atom stereocenters. The number of hydrogen-bond donors (Lipinski definition) is 3. The second-order valence-electron chi connectivity index (χ2n) is 8.61. The summed E-state index contributed by atoms with van der Waals surface area (Å²) in [6, 6.07) is 19.7. The minimum absolute atomic E-state index is 0.0197. The van der Waals surface area contributed by atoms with E-state index in [1.165, 1.54) is 59.4 Å². The van der Waals surface area contributed by atoms with Crippen molar-refractivity contribution in [2.45, 2.75) is 17.4 Å². The average Bonchev–Trinajstić information content (AvgIpc) is 3.41. The lowest BCUT2D eigenvalue weighted by Crippen LogP contribution is -2.22. The minimum atomic E-state index is -3.98. The van der Waals surface area contributed by atoms with E-state index in [-0.39, 0.29) is 22.7 Å². The highest BCUT2D eigenvalue weighted by Crippen LogP contribution is 2.28. The number of sulfonamides is 1. The quantitative estimate of drug-likeness (QED) is 0.277. The van der Waals surface area contributed by atoms with Crippen LogP contribution in [0.25, 0.3) is 27.7 Å². The molecule has 2 aromatic heterocycles. The zero-order valence-electron chi connectivity index (χ0n) is 19.8. The van der Waals surface area contributed by atoms with Crippen molar-refractivity contribution >= 4 is 26.7 Å². The monoisotopic (exact) mass is 535 g/mol. The zero-order chi connectivity index (χ0) is 26.9. The predicted octanol–water partition coefficient (Wildman–Crippen LogP) is 3.48. The minimum Gasteiger partial charge on any atom is -0.394 e. The SMILES string of the molecule is O=c1ccc2cc(S(=O)(=O)Nc3ccon3)ccc2n1-c1ccc(-c2cccc(F)c2)cc1C[C@@H](O)CO. The molecule has 11 heteroatoms. The first-order valence-electron chi connectivity index (χ1n) is 11.5. The van der Waals surface area contributed by atoms with Crippen molar-refractivity contribution < 1.29 is 27.5 Å². The van der Waals surface area contributed by atoms with E-state index in [0.29, 0.717) is 33.3 Å². The van der Waals surface area contributed by atoms with Gasteiger partial charge >= 0.3 is 0 Å². The van der Waals surface area contributed by atoms with Crippen molar-refractivity contribution in [3.8, 4) is 16.8 Å². The third-order valence-corrected chi connectivity index (χ3v) is 7.35. The summed E-state index contributed by atoms with van der Waals surface area (Å²) in [6.45, 7) is -0.492. The number of aromatic nitrogens is 2. The standard InChI is InChI=1S/C27H22FN3O6S/c28-21-3-1-2-17(13-21)18-4-7-25(20(12-18)14-22(33)16-32)31-24-8-6-23(15-19(24)5-9-27(31)34)38(35,36)30-26-10-11-37-29-26/h1-13,15,22,32-33H,14,16H2,(H,29,30)/t22-/m1/s1. The van der Waals surface area contributed by atoms with E-state index in [1.807, 2.05) is 0 Å². The van der Waals surface area contributed by atoms with Gasteiger partial charge in [-0.05, 0) is 65.2 Å². The maximum absolute atomic E-state index is 13.8. The Hall–Kier alpha value is -4.32. The lowest BCUT2D eigenvalue weighted by atomic mass is 9.98. The van der Waals surface area contributed by atoms with Crippen molar-refractivity contribution in [2.75, 3.05) is 11.3 Å². The van der Waals surface area contributed by atoms with E-state index in [1.54, 1.807) is 30.3 Å². The summed E-state index contributed by atoms with van der Waals surface area (Å²) in [5, 5.41) is 23.7. The van der Waals surface area contributed by atoms with Gasteiger partial charge in [0.05, 0.1) is 28.8 Å². The van der Waals surface area contributed by atoms with E-state index in [9.17, 15) is 27.8 Å². The Balaban J connectivity index is 1.64. The zero-order valence-corrected chi connectivity index (χ0v) is 20.6. The Morgan fingerprint density at radius 3 is 2.55 bits per heavy atom. The first kappa shape index (κ1) is 25.3. The van der Waals surface area contributed by atoms with Gasteiger partial charge in [-0.2, -0.15) is 0 Å². The Morgan fingerprint density at radius 2 is 1.82 bits per heavy atom. The molecule has 0 aliphatic rings. The first-order chi connectivity index (χ1) is 18.2. The van der Waals surface area contributed by atoms with Gasteiger partial charge in [-0.25, -0.2) is 12.8 Å². The smallest absolute Gasteiger partial charge is 0.263 e. The summed E-state index contributed by atoms with van der Waals surface area (Å²) in [4.78, 5) is 13.0. The van der Waals surface area contributed by atoms with Crippen LogP contribution < -0.4 is 10.3 Å². The van der Waals surface area contributed by atoms with Crippen molar-refractivity contribution in [2.24, 2.45) is 0 Å². The number of pyridine rings is 1. The van der Waals surface area contributed by atoms with Crippen LogP contribution in [0.1, 0.15) is 5.56 Å². The molecule has 0 spiro atoms. The highest BCUT2D eigenvalue weighted by atomic mass is 32.2. The maximum Gasteiger partial charge on any atom is 0.263 e. The first-order valence-corrected chi connectivity index (χ1v) is 13.0. The molecule has 0 aliphatic carbocycles. The summed E-state index contributed by atoms with van der Waals surface area (Å²) in [6.07, 6.45) is 0.162. The molecule has 194 valence electrons. The third-order valence-electron chi connectivity index (χ3n) is 6.00. The van der Waals surface area contributed by atoms with Gasteiger partial charge in [0.15, 0.2) is 5.82 Å². The van der Waals surface area contributed by atoms with Gasteiger partial charge in [0.2, 0.25) is 0 Å². The van der Waals surface area contributed by atoms with Gasteiger partial charge in [-0.3, -0.25) is 14.1 Å². The van der Waals surface area contributed by atoms with Gasteiger partial charge in [0.1, 0.15) is 12.1 Å². The molecule has 3 aromatic carbocycles. The lowest BCUT2D eigenvalue weighted by Gasteiger charge is -2.18. The number of anilines is 1. The molecule has 2 heterocycles. The summed E-state index contributed by atoms with van der Waals surface area (Å²) >= 11 is 0. The molecule has 5 rings (SSSR count). The van der Waals surface area contributed by atoms with Gasteiger partial charge in [0, 0.05) is 23.9 Å². The largest absolute Gasteiger partial charge is 0.394 e. The fraction of sp³-hybridized carbons (Fsp3) is 0.111. The molecule has 0 aliphatic heterocycles. The van der Waals surface area contributed by atoms with Crippen LogP contribution in [0.2, 0.25) is 0 Å². The van der Waals surface area contributed by atoms with Crippen LogP contribution >= 0.6 is 0 Å². The van der Waals surface area contributed by atoms with Crippen LogP contribution in [0.15, 0.2) is 99.3 Å². The molecule has 0 radical (unpaired) electrons. The van der Waals surface area contributed by atoms with E-state index in [0.717, 1.165) is 0 Å². The van der Waals surface area contributed by atoms with Crippen LogP contribution in [-0.2, 0) is 16.4 Å². The number of halogens is 1. The number of hydrogen-bond acceptors (Lipinski definition) is 7. The molecule has 0 saturated heterocycles. The Morgan fingerprint density at radius 1 is 1.00 bits per heavy atom. The average molecular weight is 536 g/mol. The Bertz CT molecular complexity index is 1780. The molecule has 9 nitrogen and oxygen atoms in total. The second kappa shape index (κ2) is 10.2. The number of benzene rings is 3. The van der Waals surface area contributed by atoms with Gasteiger partial charge in [-0.1, -0.05) is 23.4 Å². The molecule has 0 unspecified atom stereocenters. The molecule has 0 bridgehead atoms. The van der Waals surface area contributed by atoms with Crippen LogP contribution in [0, 0.1) is 5.82 Å². The number of fused-ring (bicyclic) bond motifs is 1. The molecule has 3 N–H and O–H groups in total. The highest BCUT2D eigenvalue weighted by molar-refractivity contribution is 7.92. The van der Waals surface area contributed by atoms with E-state index >= 15 is 0 Å². The number of nitrogens with one attached hydrogen (secondary N) is 1. The van der Waals surface area contributed by atoms with Crippen LogP contribution in [0.5, 0.6) is 0 Å². The van der Waals surface area contributed by atoms with Gasteiger partial charge in [0.25, 0.3) is 15.6 Å². The Kier molecular flexibility index (Phi) is 6.81. The molecular weight excluding hydrogens is 513 g/mol. The number of rotatable bonds is 8. The summed E-state index contributed by atoms with van der Waals surface area (Å²) in [7, 11) is -3.98. The third kappa shape index (κ3) is 5.07. The van der Waals surface area contributed by atoms with Crippen molar-refractivity contribution in [1.29, 1.82) is 0 Å². The molecule has 0 saturated carbocycles. The molecule has 5 aromatic rings. The summed E-state index contributed by atoms with van der Waals surface area (Å²) in [5.74, 6) is -0.377. The van der Waals surface area contributed by atoms with E-state index in [2.05, 4.69) is 14.4 Å². The van der Waals surface area contributed by atoms with E-state index < -0.39 is 28.6 Å². The molecule has 38 heavy (non-hydrogen) atoms. The van der Waals surface area contributed by atoms with Gasteiger partial charge < -0.3 is 14.7 Å². The topological polar surface area (TPSA) is 135 Å². The van der Waals surface area contributed by atoms with Crippen LogP contribution in [-0.4, -0.2) is 41.1 Å². The summed E-state index contributed by atoms with van der Waals surface area (Å²) in [5.41, 5.74) is 2.28. The second-order valence-corrected chi connectivity index (χ2v) is 10.3. The molecule has 0 amide bonds. The van der Waals surface area contributed by atoms with Crippen LogP contribution in [0.3, 0.4) is 0 Å². The fourth-order valence-electron chi connectivity index (χ4n) is 4.23. The Labute approximate surface area is 216 Å². The number of nitrogens with zero attached hydrogens (tertiary/aromatic N) is 2. The highest BCUT2D eigenvalue weighted by Gasteiger charge is 2.19. The van der Waals surface area contributed by atoms with Gasteiger partial charge in [-0.15, -0.1) is 0 Å². The van der Waals surface area contributed by atoms with Crippen molar-refractivity contribution in [3.63, 3.8) is 0 Å². The maximum atomic E-state index is 13.8. The van der Waals surface area contributed by atoms with Crippen molar-refractivity contribution in [3.05, 3.63) is 107 Å². The summed E-state index contributed by atoms with van der Waals surface area (Å²) < 4.78 is 47.9. The fourth-order valence-corrected chi connectivity index (χ4v) is 5.26. The van der Waals surface area contributed by atoms with E-state index in [4.69, 9.17) is 0 Å². The number of aliphatic hydroxyl groups excluding tert-OH is 2. The molecule has 0 fully saturated rings. The van der Waals surface area contributed by atoms with Crippen LogP contribution in [0.4, 0.5) is 10.2 Å². The lowest BCUT2D eigenvalue weighted by molar-refractivity contribution is 0.0955. The van der Waals surface area contributed by atoms with Crippen molar-refractivity contribution in [1.82, 2.24) is 9.72 Å². The number of aliphatic hydroxyl groups is 2. The molecular formula is C27H22FN3O6S. The normalized spacial score (nSPS) is 12.5. The predicted molar refractivity (Wildman–Crippen MR) is 139 cm³/mol.